The first-order valence-electron chi connectivity index (χ1n) is 5.90. The smallest absolute Gasteiger partial charge is 0.283 e. The van der Waals surface area contributed by atoms with Gasteiger partial charge in [0.25, 0.3) is 5.69 Å². The van der Waals surface area contributed by atoms with E-state index in [4.69, 9.17) is 5.84 Å². The minimum absolute atomic E-state index is 0.0522. The van der Waals surface area contributed by atoms with Crippen LogP contribution in [-0.2, 0) is 6.42 Å². The van der Waals surface area contributed by atoms with E-state index in [1.54, 1.807) is 24.3 Å². The maximum Gasteiger partial charge on any atom is 0.283 e. The van der Waals surface area contributed by atoms with Crippen molar-refractivity contribution in [3.63, 3.8) is 0 Å². The molecule has 2 rings (SSSR count). The summed E-state index contributed by atoms with van der Waals surface area (Å²) in [6.45, 7) is 1.93. The van der Waals surface area contributed by atoms with Gasteiger partial charge in [0.15, 0.2) is 0 Å². The van der Waals surface area contributed by atoms with E-state index in [-0.39, 0.29) is 5.69 Å². The third-order valence-electron chi connectivity index (χ3n) is 2.49. The second kappa shape index (κ2) is 6.31. The van der Waals surface area contributed by atoms with Gasteiger partial charge < -0.3 is 5.43 Å². The zero-order valence-electron chi connectivity index (χ0n) is 10.7. The Kier molecular flexibility index (Phi) is 4.49. The third kappa shape index (κ3) is 3.22. The Labute approximate surface area is 119 Å². The molecule has 1 heterocycles. The Morgan fingerprint density at radius 3 is 2.80 bits per heavy atom. The number of nitrogens with two attached hydrogens (primary N) is 1. The second-order valence-electron chi connectivity index (χ2n) is 3.83. The molecule has 0 spiro atoms. The molecule has 0 atom stereocenters. The average Bonchev–Trinajstić information content (AvgIpc) is 2.47. The topological polar surface area (TPSA) is 107 Å². The van der Waals surface area contributed by atoms with Gasteiger partial charge in [-0.2, -0.15) is 0 Å². The molecule has 7 nitrogen and oxygen atoms in total. The van der Waals surface area contributed by atoms with Crippen LogP contribution in [0.5, 0.6) is 0 Å². The number of hydrogen-bond donors (Lipinski definition) is 2. The van der Waals surface area contributed by atoms with E-state index in [0.717, 1.165) is 0 Å². The van der Waals surface area contributed by atoms with Gasteiger partial charge in [-0.25, -0.2) is 15.8 Å². The van der Waals surface area contributed by atoms with E-state index in [0.29, 0.717) is 28.0 Å². The van der Waals surface area contributed by atoms with Gasteiger partial charge in [0.2, 0.25) is 0 Å². The minimum atomic E-state index is -0.410. The number of hydrazine groups is 1. The molecule has 2 aromatic rings. The second-order valence-corrected chi connectivity index (χ2v) is 4.89. The largest absolute Gasteiger partial charge is 0.308 e. The summed E-state index contributed by atoms with van der Waals surface area (Å²) in [5.41, 5.74) is 2.52. The Morgan fingerprint density at radius 2 is 2.15 bits per heavy atom. The van der Waals surface area contributed by atoms with Crippen molar-refractivity contribution in [3.05, 3.63) is 46.3 Å². The molecule has 0 saturated carbocycles. The number of benzene rings is 1. The molecule has 8 heteroatoms. The molecule has 0 amide bonds. The Balaban J connectivity index is 2.37. The molecule has 0 radical (unpaired) electrons. The van der Waals surface area contributed by atoms with Crippen LogP contribution in [0.2, 0.25) is 0 Å². The zero-order chi connectivity index (χ0) is 14.5. The number of nitrogen functional groups attached to an aromatic ring is 1. The number of nitro benzene ring substituents is 1. The van der Waals surface area contributed by atoms with Crippen LogP contribution in [0.15, 0.2) is 40.3 Å². The lowest BCUT2D eigenvalue weighted by molar-refractivity contribution is -0.387. The summed E-state index contributed by atoms with van der Waals surface area (Å²) in [4.78, 5) is 19.6. The molecule has 104 valence electrons. The van der Waals surface area contributed by atoms with Gasteiger partial charge in [-0.3, -0.25) is 10.1 Å². The van der Waals surface area contributed by atoms with Gasteiger partial charge in [-0.05, 0) is 6.07 Å². The monoisotopic (exact) mass is 291 g/mol. The highest BCUT2D eigenvalue weighted by Gasteiger charge is 2.15. The van der Waals surface area contributed by atoms with E-state index >= 15 is 0 Å². The number of nitrogens with one attached hydrogen (secondary N) is 1. The van der Waals surface area contributed by atoms with Crippen molar-refractivity contribution >= 4 is 23.3 Å². The maximum atomic E-state index is 11.0. The molecule has 1 aromatic heterocycles. The van der Waals surface area contributed by atoms with E-state index in [9.17, 15) is 10.1 Å². The first-order valence-corrected chi connectivity index (χ1v) is 6.71. The summed E-state index contributed by atoms with van der Waals surface area (Å²) in [5, 5.41) is 11.6. The van der Waals surface area contributed by atoms with E-state index in [2.05, 4.69) is 15.4 Å². The molecular formula is C12H13N5O2S. The molecule has 20 heavy (non-hydrogen) atoms. The normalized spacial score (nSPS) is 10.3. The van der Waals surface area contributed by atoms with Gasteiger partial charge in [0, 0.05) is 18.6 Å². The Morgan fingerprint density at radius 1 is 1.40 bits per heavy atom. The Bertz CT molecular complexity index is 613. The predicted molar refractivity (Wildman–Crippen MR) is 76.4 cm³/mol. The van der Waals surface area contributed by atoms with Crippen LogP contribution in [0.3, 0.4) is 0 Å². The van der Waals surface area contributed by atoms with Crippen molar-refractivity contribution in [1.29, 1.82) is 0 Å². The minimum Gasteiger partial charge on any atom is -0.308 e. The first-order chi connectivity index (χ1) is 9.63. The van der Waals surface area contributed by atoms with Crippen molar-refractivity contribution in [1.82, 2.24) is 9.97 Å². The standard InChI is InChI=1S/C12H13N5O2S/c1-2-10-14-11(16-13)7-12(15-10)20-9-6-4-3-5-8(9)17(18)19/h3-7H,2,13H2,1H3,(H,14,15,16). The van der Waals surface area contributed by atoms with E-state index in [1.165, 1.54) is 17.8 Å². The van der Waals surface area contributed by atoms with E-state index < -0.39 is 4.92 Å². The average molecular weight is 291 g/mol. The zero-order valence-corrected chi connectivity index (χ0v) is 11.6. The summed E-state index contributed by atoms with van der Waals surface area (Å²) in [5.74, 6) is 6.47. The van der Waals surface area contributed by atoms with Crippen LogP contribution in [0.1, 0.15) is 12.7 Å². The lowest BCUT2D eigenvalue weighted by atomic mass is 10.3. The van der Waals surface area contributed by atoms with Crippen LogP contribution in [0.4, 0.5) is 11.5 Å². The highest BCUT2D eigenvalue weighted by molar-refractivity contribution is 7.99. The fourth-order valence-corrected chi connectivity index (χ4v) is 2.50. The number of para-hydroxylation sites is 1. The molecule has 0 saturated heterocycles. The highest BCUT2D eigenvalue weighted by Crippen LogP contribution is 2.34. The van der Waals surface area contributed by atoms with Crippen molar-refractivity contribution in [2.45, 2.75) is 23.3 Å². The summed E-state index contributed by atoms with van der Waals surface area (Å²) in [6, 6.07) is 8.19. The van der Waals surface area contributed by atoms with Crippen LogP contribution in [-0.4, -0.2) is 14.9 Å². The molecule has 0 aliphatic carbocycles. The predicted octanol–water partition coefficient (Wildman–Crippen LogP) is 2.38. The van der Waals surface area contributed by atoms with Gasteiger partial charge in [0.1, 0.15) is 16.7 Å². The van der Waals surface area contributed by atoms with E-state index in [1.807, 2.05) is 6.92 Å². The number of nitrogens with zero attached hydrogens (tertiary/aromatic N) is 3. The molecule has 0 bridgehead atoms. The summed E-state index contributed by atoms with van der Waals surface area (Å²) >= 11 is 1.21. The molecule has 0 unspecified atom stereocenters. The van der Waals surface area contributed by atoms with Crippen LogP contribution < -0.4 is 11.3 Å². The SMILES string of the molecule is CCc1nc(NN)cc(Sc2ccccc2[N+](=O)[O-])n1. The quantitative estimate of drug-likeness (QED) is 0.377. The molecule has 0 fully saturated rings. The fourth-order valence-electron chi connectivity index (χ4n) is 1.56. The first kappa shape index (κ1) is 14.2. The van der Waals surface area contributed by atoms with Gasteiger partial charge in [-0.15, -0.1) is 0 Å². The maximum absolute atomic E-state index is 11.0. The van der Waals surface area contributed by atoms with Gasteiger partial charge >= 0.3 is 0 Å². The number of anilines is 1. The fraction of sp³-hybridized carbons (Fsp3) is 0.167. The van der Waals surface area contributed by atoms with Crippen LogP contribution in [0, 0.1) is 10.1 Å². The summed E-state index contributed by atoms with van der Waals surface area (Å²) < 4.78 is 0. The molecular weight excluding hydrogens is 278 g/mol. The number of rotatable bonds is 5. The third-order valence-corrected chi connectivity index (χ3v) is 3.47. The number of aromatic nitrogens is 2. The highest BCUT2D eigenvalue weighted by atomic mass is 32.2. The van der Waals surface area contributed by atoms with Crippen molar-refractivity contribution in [2.24, 2.45) is 5.84 Å². The lowest BCUT2D eigenvalue weighted by Crippen LogP contribution is -2.10. The molecule has 3 N–H and O–H groups in total. The summed E-state index contributed by atoms with van der Waals surface area (Å²) in [7, 11) is 0. The van der Waals surface area contributed by atoms with Crippen molar-refractivity contribution in [3.8, 4) is 0 Å². The summed E-state index contributed by atoms with van der Waals surface area (Å²) in [6.07, 6.45) is 0.653. The Hall–Kier alpha value is -2.19. The molecule has 0 aliphatic rings. The van der Waals surface area contributed by atoms with Crippen molar-refractivity contribution < 1.29 is 4.92 Å². The van der Waals surface area contributed by atoms with Crippen molar-refractivity contribution in [2.75, 3.05) is 5.43 Å². The van der Waals surface area contributed by atoms with Crippen LogP contribution in [0.25, 0.3) is 0 Å². The lowest BCUT2D eigenvalue weighted by Gasteiger charge is -2.06. The van der Waals surface area contributed by atoms with Crippen LogP contribution >= 0.6 is 11.8 Å². The molecule has 1 aromatic carbocycles. The molecule has 0 aliphatic heterocycles. The number of hydrogen-bond acceptors (Lipinski definition) is 7. The van der Waals surface area contributed by atoms with Gasteiger partial charge in [0.05, 0.1) is 9.82 Å². The number of aryl methyl sites for hydroxylation is 1. The number of nitro groups is 1. The van der Waals surface area contributed by atoms with Gasteiger partial charge in [-0.1, -0.05) is 30.8 Å².